The molecule has 0 amide bonds. The second-order valence-electron chi connectivity index (χ2n) is 5.10. The highest BCUT2D eigenvalue weighted by molar-refractivity contribution is 6.31. The van der Waals surface area contributed by atoms with Gasteiger partial charge < -0.3 is 10.5 Å². The summed E-state index contributed by atoms with van der Waals surface area (Å²) in [4.78, 5) is 4.35. The molecule has 5 heteroatoms. The third kappa shape index (κ3) is 2.67. The highest BCUT2D eigenvalue weighted by Crippen LogP contribution is 2.26. The number of anilines is 1. The number of hydrogen-bond acceptors (Lipinski definition) is 3. The molecule has 3 rings (SSSR count). The van der Waals surface area contributed by atoms with Crippen LogP contribution in [0.15, 0.2) is 42.5 Å². The highest BCUT2D eigenvalue weighted by atomic mass is 35.5. The molecule has 0 unspecified atom stereocenters. The Morgan fingerprint density at radius 3 is 2.52 bits per heavy atom. The van der Waals surface area contributed by atoms with E-state index in [9.17, 15) is 0 Å². The van der Waals surface area contributed by atoms with Crippen LogP contribution in [0.5, 0.6) is 5.75 Å². The fraction of sp³-hybridized carbons (Fsp3) is 0.188. The van der Waals surface area contributed by atoms with Gasteiger partial charge in [0, 0.05) is 10.7 Å². The van der Waals surface area contributed by atoms with E-state index in [2.05, 4.69) is 4.98 Å². The molecule has 2 aromatic carbocycles. The lowest BCUT2D eigenvalue weighted by atomic mass is 10.2. The Bertz CT molecular complexity index is 778. The molecule has 21 heavy (non-hydrogen) atoms. The van der Waals surface area contributed by atoms with Gasteiger partial charge in [0.05, 0.1) is 17.1 Å². The van der Waals surface area contributed by atoms with E-state index in [1.807, 2.05) is 54.8 Å². The first kappa shape index (κ1) is 13.8. The number of aromatic nitrogens is 2. The van der Waals surface area contributed by atoms with Gasteiger partial charge in [0.25, 0.3) is 0 Å². The van der Waals surface area contributed by atoms with Crippen LogP contribution in [-0.4, -0.2) is 15.7 Å². The lowest BCUT2D eigenvalue weighted by Crippen LogP contribution is -2.05. The molecule has 0 aliphatic rings. The Morgan fingerprint density at radius 1 is 1.14 bits per heavy atom. The van der Waals surface area contributed by atoms with Crippen molar-refractivity contribution >= 4 is 28.6 Å². The molecule has 0 spiro atoms. The van der Waals surface area contributed by atoms with E-state index in [1.54, 1.807) is 6.07 Å². The number of hydrogen-bond donors (Lipinski definition) is 1. The molecule has 3 aromatic rings. The SMILES string of the molecule is CC(C)Oc1ccc(-n2c(N)nc3cc(Cl)ccc32)cc1. The minimum Gasteiger partial charge on any atom is -0.491 e. The molecule has 108 valence electrons. The van der Waals surface area contributed by atoms with Crippen molar-refractivity contribution in [3.05, 3.63) is 47.5 Å². The molecule has 0 atom stereocenters. The number of imidazole rings is 1. The number of fused-ring (bicyclic) bond motifs is 1. The largest absolute Gasteiger partial charge is 0.491 e. The highest BCUT2D eigenvalue weighted by Gasteiger charge is 2.10. The number of nitrogens with two attached hydrogens (primary N) is 1. The summed E-state index contributed by atoms with van der Waals surface area (Å²) in [5, 5.41) is 0.646. The van der Waals surface area contributed by atoms with Crippen LogP contribution in [0.25, 0.3) is 16.7 Å². The van der Waals surface area contributed by atoms with E-state index in [-0.39, 0.29) is 6.10 Å². The zero-order valence-corrected chi connectivity index (χ0v) is 12.6. The second kappa shape index (κ2) is 5.30. The molecular weight excluding hydrogens is 286 g/mol. The van der Waals surface area contributed by atoms with E-state index < -0.39 is 0 Å². The number of nitrogens with zero attached hydrogens (tertiary/aromatic N) is 2. The first-order valence-electron chi connectivity index (χ1n) is 6.75. The van der Waals surface area contributed by atoms with Crippen LogP contribution in [-0.2, 0) is 0 Å². The summed E-state index contributed by atoms with van der Waals surface area (Å²) in [5.41, 5.74) is 8.68. The Morgan fingerprint density at radius 2 is 1.86 bits per heavy atom. The Kier molecular flexibility index (Phi) is 3.47. The predicted octanol–water partition coefficient (Wildman–Crippen LogP) is 4.05. The minimum absolute atomic E-state index is 0.150. The summed E-state index contributed by atoms with van der Waals surface area (Å²) in [6.45, 7) is 4.00. The van der Waals surface area contributed by atoms with E-state index in [0.29, 0.717) is 11.0 Å². The van der Waals surface area contributed by atoms with Gasteiger partial charge in [-0.05, 0) is 56.3 Å². The van der Waals surface area contributed by atoms with Crippen LogP contribution >= 0.6 is 11.6 Å². The number of nitrogen functional groups attached to an aromatic ring is 1. The number of ether oxygens (including phenoxy) is 1. The van der Waals surface area contributed by atoms with E-state index in [0.717, 1.165) is 22.5 Å². The summed E-state index contributed by atoms with van der Waals surface area (Å²) >= 11 is 5.99. The number of halogens is 1. The molecule has 0 radical (unpaired) electrons. The predicted molar refractivity (Wildman–Crippen MR) is 86.3 cm³/mol. The number of rotatable bonds is 3. The second-order valence-corrected chi connectivity index (χ2v) is 5.54. The zero-order chi connectivity index (χ0) is 15.0. The van der Waals surface area contributed by atoms with Crippen LogP contribution in [0.2, 0.25) is 5.02 Å². The first-order chi connectivity index (χ1) is 10.0. The van der Waals surface area contributed by atoms with Gasteiger partial charge in [-0.15, -0.1) is 0 Å². The number of benzene rings is 2. The third-order valence-electron chi connectivity index (χ3n) is 3.11. The molecule has 0 aliphatic carbocycles. The summed E-state index contributed by atoms with van der Waals surface area (Å²) in [6.07, 6.45) is 0.150. The van der Waals surface area contributed by atoms with Crippen molar-refractivity contribution in [2.75, 3.05) is 5.73 Å². The lowest BCUT2D eigenvalue weighted by molar-refractivity contribution is 0.242. The van der Waals surface area contributed by atoms with Gasteiger partial charge in [0.1, 0.15) is 5.75 Å². The van der Waals surface area contributed by atoms with Gasteiger partial charge in [-0.3, -0.25) is 4.57 Å². The van der Waals surface area contributed by atoms with Gasteiger partial charge in [-0.1, -0.05) is 11.6 Å². The average Bonchev–Trinajstić information content (AvgIpc) is 2.74. The molecule has 0 fully saturated rings. The van der Waals surface area contributed by atoms with Crippen molar-refractivity contribution in [1.29, 1.82) is 0 Å². The van der Waals surface area contributed by atoms with Gasteiger partial charge >= 0.3 is 0 Å². The molecule has 0 bridgehead atoms. The van der Waals surface area contributed by atoms with Gasteiger partial charge in [-0.25, -0.2) is 4.98 Å². The maximum atomic E-state index is 6.03. The van der Waals surface area contributed by atoms with Gasteiger partial charge in [0.15, 0.2) is 0 Å². The quantitative estimate of drug-likeness (QED) is 0.794. The van der Waals surface area contributed by atoms with Crippen LogP contribution < -0.4 is 10.5 Å². The molecule has 1 heterocycles. The third-order valence-corrected chi connectivity index (χ3v) is 3.34. The van der Waals surface area contributed by atoms with E-state index >= 15 is 0 Å². The van der Waals surface area contributed by atoms with E-state index in [4.69, 9.17) is 22.1 Å². The minimum atomic E-state index is 0.150. The summed E-state index contributed by atoms with van der Waals surface area (Å²) in [5.74, 6) is 1.27. The molecule has 0 saturated heterocycles. The summed E-state index contributed by atoms with van der Waals surface area (Å²) in [6, 6.07) is 13.3. The fourth-order valence-corrected chi connectivity index (χ4v) is 2.46. The monoisotopic (exact) mass is 301 g/mol. The lowest BCUT2D eigenvalue weighted by Gasteiger charge is -2.11. The molecule has 0 saturated carbocycles. The fourth-order valence-electron chi connectivity index (χ4n) is 2.29. The normalized spacial score (nSPS) is 11.2. The van der Waals surface area contributed by atoms with Crippen LogP contribution in [0.1, 0.15) is 13.8 Å². The maximum Gasteiger partial charge on any atom is 0.205 e. The van der Waals surface area contributed by atoms with Crippen molar-refractivity contribution in [3.63, 3.8) is 0 Å². The van der Waals surface area contributed by atoms with Crippen LogP contribution in [0.4, 0.5) is 5.95 Å². The standard InChI is InChI=1S/C16H16ClN3O/c1-10(2)21-13-6-4-12(5-7-13)20-15-8-3-11(17)9-14(15)19-16(20)18/h3-10H,1-2H3,(H2,18,19). The average molecular weight is 302 g/mol. The summed E-state index contributed by atoms with van der Waals surface area (Å²) in [7, 11) is 0. The van der Waals surface area contributed by atoms with E-state index in [1.165, 1.54) is 0 Å². The van der Waals surface area contributed by atoms with Crippen molar-refractivity contribution in [2.45, 2.75) is 20.0 Å². The smallest absolute Gasteiger partial charge is 0.205 e. The molecule has 0 aliphatic heterocycles. The Labute approximate surface area is 128 Å². The van der Waals surface area contributed by atoms with Gasteiger partial charge in [0.2, 0.25) is 5.95 Å². The Hall–Kier alpha value is -2.20. The van der Waals surface area contributed by atoms with Crippen molar-refractivity contribution in [3.8, 4) is 11.4 Å². The molecule has 4 nitrogen and oxygen atoms in total. The molecular formula is C16H16ClN3O. The zero-order valence-electron chi connectivity index (χ0n) is 11.9. The molecule has 2 N–H and O–H groups in total. The topological polar surface area (TPSA) is 53.1 Å². The van der Waals surface area contributed by atoms with Gasteiger partial charge in [-0.2, -0.15) is 0 Å². The summed E-state index contributed by atoms with van der Waals surface area (Å²) < 4.78 is 7.54. The maximum absolute atomic E-state index is 6.03. The molecule has 1 aromatic heterocycles. The van der Waals surface area contributed by atoms with Crippen molar-refractivity contribution in [2.24, 2.45) is 0 Å². The van der Waals surface area contributed by atoms with Crippen LogP contribution in [0, 0.1) is 0 Å². The van der Waals surface area contributed by atoms with Crippen LogP contribution in [0.3, 0.4) is 0 Å². The van der Waals surface area contributed by atoms with Crippen molar-refractivity contribution in [1.82, 2.24) is 9.55 Å². The first-order valence-corrected chi connectivity index (χ1v) is 7.13. The van der Waals surface area contributed by atoms with Crippen molar-refractivity contribution < 1.29 is 4.74 Å². The Balaban J connectivity index is 2.05.